The number of amides is 1. The fourth-order valence-electron chi connectivity index (χ4n) is 2.48. The number of hydrogen-bond acceptors (Lipinski definition) is 3. The molecule has 2 N–H and O–H groups in total. The van der Waals surface area contributed by atoms with Crippen molar-refractivity contribution in [2.45, 2.75) is 58.9 Å². The third-order valence-corrected chi connectivity index (χ3v) is 3.91. The maximum absolute atomic E-state index is 12.0. The zero-order valence-corrected chi connectivity index (χ0v) is 13.7. The Bertz CT molecular complexity index is 555. The lowest BCUT2D eigenvalue weighted by atomic mass is 9.96. The molecule has 1 aromatic heterocycles. The normalized spacial score (nSPS) is 17.3. The Labute approximate surface area is 132 Å². The van der Waals surface area contributed by atoms with Gasteiger partial charge in [-0.3, -0.25) is 10.0 Å². The lowest BCUT2D eigenvalue weighted by Crippen LogP contribution is -2.28. The molecular formula is C17H26N3O2+. The number of carbonyl (C=O) groups excluding carboxylic acids is 1. The molecule has 1 aliphatic carbocycles. The highest BCUT2D eigenvalue weighted by Gasteiger charge is 2.24. The second-order valence-corrected chi connectivity index (χ2v) is 6.95. The first-order valence-electron chi connectivity index (χ1n) is 7.97. The van der Waals surface area contributed by atoms with Gasteiger partial charge in [-0.25, -0.2) is 4.98 Å². The van der Waals surface area contributed by atoms with Crippen LogP contribution in [0.3, 0.4) is 0 Å². The molecule has 0 atom stereocenters. The number of rotatable bonds is 3. The van der Waals surface area contributed by atoms with Crippen molar-refractivity contribution < 1.29 is 14.7 Å². The van der Waals surface area contributed by atoms with E-state index in [2.05, 4.69) is 10.3 Å². The van der Waals surface area contributed by atoms with E-state index in [9.17, 15) is 10.0 Å². The molecule has 2 rings (SSSR count). The third kappa shape index (κ3) is 4.55. The van der Waals surface area contributed by atoms with E-state index in [1.807, 2.05) is 32.9 Å². The predicted octanol–water partition coefficient (Wildman–Crippen LogP) is 3.22. The van der Waals surface area contributed by atoms with E-state index in [1.54, 1.807) is 12.3 Å². The van der Waals surface area contributed by atoms with Gasteiger partial charge in [-0.2, -0.15) is 0 Å². The van der Waals surface area contributed by atoms with Crippen LogP contribution < -0.4 is 5.32 Å². The number of pyridine rings is 1. The van der Waals surface area contributed by atoms with Crippen LogP contribution in [-0.4, -0.2) is 33.1 Å². The third-order valence-electron chi connectivity index (χ3n) is 3.91. The van der Waals surface area contributed by atoms with Crippen molar-refractivity contribution in [2.24, 2.45) is 5.41 Å². The van der Waals surface area contributed by atoms with Gasteiger partial charge in [0, 0.05) is 18.3 Å². The van der Waals surface area contributed by atoms with Crippen molar-refractivity contribution in [1.82, 2.24) is 4.98 Å². The molecule has 1 fully saturated rings. The van der Waals surface area contributed by atoms with E-state index in [1.165, 1.54) is 11.2 Å². The molecule has 22 heavy (non-hydrogen) atoms. The van der Waals surface area contributed by atoms with E-state index < -0.39 is 5.41 Å². The van der Waals surface area contributed by atoms with Crippen LogP contribution in [0.25, 0.3) is 0 Å². The summed E-state index contributed by atoms with van der Waals surface area (Å²) < 4.78 is 1.27. The minimum atomic E-state index is -0.466. The van der Waals surface area contributed by atoms with Gasteiger partial charge in [0.25, 0.3) is 0 Å². The summed E-state index contributed by atoms with van der Waals surface area (Å²) in [5.41, 5.74) is 0.173. The highest BCUT2D eigenvalue weighted by molar-refractivity contribution is 5.93. The average Bonchev–Trinajstić information content (AvgIpc) is 2.47. The molecule has 0 aliphatic heterocycles. The first kappa shape index (κ1) is 16.5. The molecule has 0 saturated heterocycles. The monoisotopic (exact) mass is 304 g/mol. The van der Waals surface area contributed by atoms with Crippen molar-refractivity contribution in [2.75, 3.05) is 5.32 Å². The van der Waals surface area contributed by atoms with Gasteiger partial charge in [0.05, 0.1) is 0 Å². The summed E-state index contributed by atoms with van der Waals surface area (Å²) in [7, 11) is 0. The summed E-state index contributed by atoms with van der Waals surface area (Å²) >= 11 is 0. The Kier molecular flexibility index (Phi) is 5.16. The van der Waals surface area contributed by atoms with Gasteiger partial charge >= 0.3 is 0 Å². The molecule has 5 nitrogen and oxygen atoms in total. The molecule has 1 heterocycles. The quantitative estimate of drug-likeness (QED) is 0.390. The van der Waals surface area contributed by atoms with E-state index in [-0.39, 0.29) is 11.9 Å². The molecular weight excluding hydrogens is 278 g/mol. The largest absolute Gasteiger partial charge is 0.310 e. The summed E-state index contributed by atoms with van der Waals surface area (Å²) in [5.74, 6) is 0.427. The smallest absolute Gasteiger partial charge is 0.241 e. The Balaban J connectivity index is 2.09. The fourth-order valence-corrected chi connectivity index (χ4v) is 2.48. The summed E-state index contributed by atoms with van der Waals surface area (Å²) in [6.07, 6.45) is 7.22. The Morgan fingerprint density at radius 3 is 2.64 bits per heavy atom. The van der Waals surface area contributed by atoms with Crippen LogP contribution in [0.5, 0.6) is 0 Å². The molecule has 0 unspecified atom stereocenters. The van der Waals surface area contributed by atoms with Crippen molar-refractivity contribution >= 4 is 17.9 Å². The molecule has 5 heteroatoms. The van der Waals surface area contributed by atoms with Crippen LogP contribution in [-0.2, 0) is 4.79 Å². The highest BCUT2D eigenvalue weighted by Crippen LogP contribution is 2.19. The van der Waals surface area contributed by atoms with Gasteiger partial charge in [0.15, 0.2) is 0 Å². The van der Waals surface area contributed by atoms with Crippen molar-refractivity contribution in [3.05, 3.63) is 23.9 Å². The number of anilines is 1. The first-order valence-corrected chi connectivity index (χ1v) is 7.97. The second kappa shape index (κ2) is 6.90. The molecule has 0 spiro atoms. The summed E-state index contributed by atoms with van der Waals surface area (Å²) in [4.78, 5) is 16.4. The average molecular weight is 304 g/mol. The Morgan fingerprint density at radius 1 is 1.32 bits per heavy atom. The summed E-state index contributed by atoms with van der Waals surface area (Å²) in [6, 6.07) is 5.57. The Hall–Kier alpha value is -1.91. The first-order chi connectivity index (χ1) is 10.4. The van der Waals surface area contributed by atoms with Gasteiger partial charge in [-0.15, -0.1) is 0 Å². The lowest BCUT2D eigenvalue weighted by Gasteiger charge is -2.17. The number of nitrogens with one attached hydrogen (secondary N) is 1. The van der Waals surface area contributed by atoms with Crippen LogP contribution in [0.1, 0.15) is 58.6 Å². The van der Waals surface area contributed by atoms with Crippen molar-refractivity contribution in [1.29, 1.82) is 0 Å². The SMILES string of the molecule is CC(C)(C)C(=O)Nc1cccc(/C=[N+](\O)C2CCCCC2)n1. The standard InChI is InChI=1S/C17H25N3O2/c1-17(2,3)16(21)19-15-11-7-8-13(18-15)12-20(22)14-9-5-4-6-10-14/h7-8,11-12,14H,4-6,9-10H2,1-3H3,(H-,18,19,21,22)/p+1. The van der Waals surface area contributed by atoms with Crippen molar-refractivity contribution in [3.8, 4) is 0 Å². The van der Waals surface area contributed by atoms with Crippen LogP contribution >= 0.6 is 0 Å². The summed E-state index contributed by atoms with van der Waals surface area (Å²) in [6.45, 7) is 5.57. The zero-order chi connectivity index (χ0) is 16.2. The minimum absolute atomic E-state index is 0.0784. The fraction of sp³-hybridized carbons (Fsp3) is 0.588. The van der Waals surface area contributed by atoms with Gasteiger partial charge < -0.3 is 5.32 Å². The van der Waals surface area contributed by atoms with E-state index >= 15 is 0 Å². The molecule has 120 valence electrons. The van der Waals surface area contributed by atoms with E-state index in [0.29, 0.717) is 11.5 Å². The molecule has 1 saturated carbocycles. The maximum atomic E-state index is 12.0. The molecule has 0 bridgehead atoms. The minimum Gasteiger partial charge on any atom is -0.310 e. The van der Waals surface area contributed by atoms with E-state index in [4.69, 9.17) is 0 Å². The lowest BCUT2D eigenvalue weighted by molar-refractivity contribution is -0.797. The van der Waals surface area contributed by atoms with Gasteiger partial charge in [-0.1, -0.05) is 33.3 Å². The molecule has 1 amide bonds. The number of aromatic nitrogens is 1. The maximum Gasteiger partial charge on any atom is 0.241 e. The molecule has 1 aliphatic rings. The number of hydrogen-bond donors (Lipinski definition) is 2. The number of carbonyl (C=O) groups is 1. The number of hydroxylamine groups is 1. The van der Waals surface area contributed by atoms with Crippen LogP contribution in [0, 0.1) is 5.41 Å². The van der Waals surface area contributed by atoms with Gasteiger partial charge in [0.2, 0.25) is 18.2 Å². The molecule has 0 aromatic carbocycles. The van der Waals surface area contributed by atoms with E-state index in [0.717, 1.165) is 25.7 Å². The zero-order valence-electron chi connectivity index (χ0n) is 13.7. The molecule has 1 aromatic rings. The Morgan fingerprint density at radius 2 is 2.00 bits per heavy atom. The topological polar surface area (TPSA) is 65.2 Å². The van der Waals surface area contributed by atoms with Gasteiger partial charge in [-0.05, 0) is 29.7 Å². The van der Waals surface area contributed by atoms with Gasteiger partial charge in [0.1, 0.15) is 11.5 Å². The highest BCUT2D eigenvalue weighted by atomic mass is 16.5. The predicted molar refractivity (Wildman–Crippen MR) is 86.4 cm³/mol. The van der Waals surface area contributed by atoms with Crippen LogP contribution in [0.15, 0.2) is 18.2 Å². The number of nitrogens with zero attached hydrogens (tertiary/aromatic N) is 2. The van der Waals surface area contributed by atoms with Crippen molar-refractivity contribution in [3.63, 3.8) is 0 Å². The molecule has 0 radical (unpaired) electrons. The van der Waals surface area contributed by atoms with Crippen LogP contribution in [0.4, 0.5) is 5.82 Å². The summed E-state index contributed by atoms with van der Waals surface area (Å²) in [5, 5.41) is 13.0. The second-order valence-electron chi connectivity index (χ2n) is 6.95. The van der Waals surface area contributed by atoms with Crippen LogP contribution in [0.2, 0.25) is 0 Å².